The van der Waals surface area contributed by atoms with Gasteiger partial charge in [0.15, 0.2) is 6.10 Å². The highest BCUT2D eigenvalue weighted by Crippen LogP contribution is 2.14. The van der Waals surface area contributed by atoms with Crippen LogP contribution in [0.3, 0.4) is 0 Å². The van der Waals surface area contributed by atoms with Crippen molar-refractivity contribution in [3.05, 3.63) is 48.6 Å². The normalized spacial score (nSPS) is 12.4. The molecule has 0 unspecified atom stereocenters. The summed E-state index contributed by atoms with van der Waals surface area (Å²) in [4.78, 5) is 37.8. The highest BCUT2D eigenvalue weighted by Gasteiger charge is 2.19. The Morgan fingerprint density at radius 1 is 0.351 bits per heavy atom. The van der Waals surface area contributed by atoms with Gasteiger partial charge >= 0.3 is 17.9 Å². The molecule has 0 N–H and O–H groups in total. The SMILES string of the molecule is CCCCC/C=C\C/C=C\C/C=C\CCCCC(=O)OC[C@H](COC(=O)CCCCCCCCCCCCC)OC(=O)CCCCCCC/C=C\CCCCCC. The molecular formula is C51H90O6. The van der Waals surface area contributed by atoms with E-state index in [1.165, 1.54) is 116 Å². The Hall–Kier alpha value is -2.63. The highest BCUT2D eigenvalue weighted by molar-refractivity contribution is 5.71. The molecule has 6 heteroatoms. The van der Waals surface area contributed by atoms with Crippen LogP contribution in [0.1, 0.15) is 239 Å². The van der Waals surface area contributed by atoms with Crippen LogP contribution in [0.4, 0.5) is 0 Å². The molecule has 0 spiro atoms. The summed E-state index contributed by atoms with van der Waals surface area (Å²) in [5.41, 5.74) is 0. The minimum Gasteiger partial charge on any atom is -0.462 e. The Labute approximate surface area is 352 Å². The van der Waals surface area contributed by atoms with Gasteiger partial charge in [-0.15, -0.1) is 0 Å². The number of rotatable bonds is 43. The molecule has 0 saturated heterocycles. The average Bonchev–Trinajstić information content (AvgIpc) is 3.21. The number of esters is 3. The van der Waals surface area contributed by atoms with Gasteiger partial charge in [0.2, 0.25) is 0 Å². The summed E-state index contributed by atoms with van der Waals surface area (Å²) in [6.45, 7) is 6.54. The Morgan fingerprint density at radius 2 is 0.632 bits per heavy atom. The summed E-state index contributed by atoms with van der Waals surface area (Å²) < 4.78 is 16.7. The van der Waals surface area contributed by atoms with Crippen molar-refractivity contribution >= 4 is 17.9 Å². The van der Waals surface area contributed by atoms with Crippen LogP contribution in [0, 0.1) is 0 Å². The number of carbonyl (C=O) groups is 3. The lowest BCUT2D eigenvalue weighted by Gasteiger charge is -2.18. The summed E-state index contributed by atoms with van der Waals surface area (Å²) in [5, 5.41) is 0. The maximum absolute atomic E-state index is 12.7. The second kappa shape index (κ2) is 46.1. The van der Waals surface area contributed by atoms with Gasteiger partial charge in [-0.2, -0.15) is 0 Å². The summed E-state index contributed by atoms with van der Waals surface area (Å²) in [7, 11) is 0. The van der Waals surface area contributed by atoms with E-state index in [1.807, 2.05) is 0 Å². The van der Waals surface area contributed by atoms with E-state index in [0.29, 0.717) is 19.3 Å². The molecule has 0 aromatic heterocycles. The van der Waals surface area contributed by atoms with Crippen LogP contribution in [0.15, 0.2) is 48.6 Å². The van der Waals surface area contributed by atoms with Crippen molar-refractivity contribution in [2.45, 2.75) is 245 Å². The Kier molecular flexibility index (Phi) is 43.9. The Balaban J connectivity index is 4.44. The molecule has 0 rings (SSSR count). The maximum Gasteiger partial charge on any atom is 0.306 e. The van der Waals surface area contributed by atoms with E-state index in [0.717, 1.165) is 83.5 Å². The number of unbranched alkanes of at least 4 members (excludes halogenated alkanes) is 24. The largest absolute Gasteiger partial charge is 0.462 e. The number of carbonyl (C=O) groups excluding carboxylic acids is 3. The third-order valence-corrected chi connectivity index (χ3v) is 10.3. The lowest BCUT2D eigenvalue weighted by Crippen LogP contribution is -2.30. The third-order valence-electron chi connectivity index (χ3n) is 10.3. The lowest BCUT2D eigenvalue weighted by atomic mass is 10.1. The average molecular weight is 799 g/mol. The van der Waals surface area contributed by atoms with Crippen molar-refractivity contribution in [3.8, 4) is 0 Å². The highest BCUT2D eigenvalue weighted by atomic mass is 16.6. The van der Waals surface area contributed by atoms with Gasteiger partial charge in [0.1, 0.15) is 13.2 Å². The molecule has 6 nitrogen and oxygen atoms in total. The summed E-state index contributed by atoms with van der Waals surface area (Å²) in [6, 6.07) is 0. The second-order valence-electron chi connectivity index (χ2n) is 16.0. The van der Waals surface area contributed by atoms with Crippen molar-refractivity contribution in [1.29, 1.82) is 0 Å². The van der Waals surface area contributed by atoms with Crippen LogP contribution in [0.2, 0.25) is 0 Å². The lowest BCUT2D eigenvalue weighted by molar-refractivity contribution is -0.167. The fraction of sp³-hybridized carbons (Fsp3) is 0.784. The van der Waals surface area contributed by atoms with E-state index >= 15 is 0 Å². The van der Waals surface area contributed by atoms with E-state index in [4.69, 9.17) is 14.2 Å². The molecule has 0 aliphatic rings. The van der Waals surface area contributed by atoms with Gasteiger partial charge in [0.05, 0.1) is 0 Å². The first-order valence-corrected chi connectivity index (χ1v) is 24.1. The van der Waals surface area contributed by atoms with Crippen molar-refractivity contribution in [2.24, 2.45) is 0 Å². The first-order valence-electron chi connectivity index (χ1n) is 24.1. The van der Waals surface area contributed by atoms with Crippen LogP contribution in [0.25, 0.3) is 0 Å². The van der Waals surface area contributed by atoms with Crippen LogP contribution in [-0.4, -0.2) is 37.2 Å². The molecule has 0 heterocycles. The van der Waals surface area contributed by atoms with Crippen molar-refractivity contribution < 1.29 is 28.6 Å². The van der Waals surface area contributed by atoms with Crippen molar-refractivity contribution in [1.82, 2.24) is 0 Å². The van der Waals surface area contributed by atoms with Crippen molar-refractivity contribution in [2.75, 3.05) is 13.2 Å². The smallest absolute Gasteiger partial charge is 0.306 e. The summed E-state index contributed by atoms with van der Waals surface area (Å²) in [6.07, 6.45) is 53.7. The molecule has 0 aliphatic carbocycles. The zero-order valence-corrected chi connectivity index (χ0v) is 37.6. The Bertz CT molecular complexity index is 1010. The van der Waals surface area contributed by atoms with Crippen LogP contribution >= 0.6 is 0 Å². The topological polar surface area (TPSA) is 78.9 Å². The zero-order valence-electron chi connectivity index (χ0n) is 37.6. The van der Waals surface area contributed by atoms with Gasteiger partial charge in [-0.1, -0.05) is 185 Å². The summed E-state index contributed by atoms with van der Waals surface area (Å²) in [5.74, 6) is -0.934. The maximum atomic E-state index is 12.7. The molecular weight excluding hydrogens is 709 g/mol. The van der Waals surface area contributed by atoms with Crippen LogP contribution in [-0.2, 0) is 28.6 Å². The van der Waals surface area contributed by atoms with E-state index in [9.17, 15) is 14.4 Å². The van der Waals surface area contributed by atoms with Crippen LogP contribution < -0.4 is 0 Å². The minimum atomic E-state index is -0.788. The van der Waals surface area contributed by atoms with Crippen LogP contribution in [0.5, 0.6) is 0 Å². The van der Waals surface area contributed by atoms with E-state index in [-0.39, 0.29) is 31.1 Å². The number of hydrogen-bond acceptors (Lipinski definition) is 6. The fourth-order valence-corrected chi connectivity index (χ4v) is 6.62. The Morgan fingerprint density at radius 3 is 1.09 bits per heavy atom. The van der Waals surface area contributed by atoms with Crippen molar-refractivity contribution in [3.63, 3.8) is 0 Å². The number of ether oxygens (including phenoxy) is 3. The van der Waals surface area contributed by atoms with Gasteiger partial charge in [0, 0.05) is 19.3 Å². The number of hydrogen-bond donors (Lipinski definition) is 0. The fourth-order valence-electron chi connectivity index (χ4n) is 6.62. The van der Waals surface area contributed by atoms with Gasteiger partial charge in [-0.25, -0.2) is 0 Å². The molecule has 0 aromatic rings. The molecule has 1 atom stereocenters. The summed E-state index contributed by atoms with van der Waals surface area (Å²) >= 11 is 0. The monoisotopic (exact) mass is 799 g/mol. The number of allylic oxidation sites excluding steroid dienone is 8. The molecule has 0 saturated carbocycles. The van der Waals surface area contributed by atoms with E-state index in [1.54, 1.807) is 0 Å². The van der Waals surface area contributed by atoms with E-state index in [2.05, 4.69) is 69.4 Å². The minimum absolute atomic E-state index is 0.0868. The molecule has 0 aliphatic heterocycles. The quantitative estimate of drug-likeness (QED) is 0.0265. The molecule has 0 radical (unpaired) electrons. The van der Waals surface area contributed by atoms with Gasteiger partial charge < -0.3 is 14.2 Å². The molecule has 330 valence electrons. The third kappa shape index (κ3) is 44.3. The first kappa shape index (κ1) is 54.4. The predicted octanol–water partition coefficient (Wildman–Crippen LogP) is 15.5. The molecule has 57 heavy (non-hydrogen) atoms. The molecule has 0 amide bonds. The predicted molar refractivity (Wildman–Crippen MR) is 242 cm³/mol. The standard InChI is InChI=1S/C51H90O6/c1-4-7-10-13-16-19-22-24-25-27-29-32-35-38-41-44-50(53)56-47-48(46-55-49(52)43-40-37-34-31-28-21-18-15-12-9-6-3)57-51(54)45-42-39-36-33-30-26-23-20-17-14-11-8-5-2/h16,19-20,23-25,29,32,48H,4-15,17-18,21-22,26-28,30-31,33-47H2,1-3H3/b19-16-,23-20-,25-24-,32-29-/t48-/m0/s1. The second-order valence-corrected chi connectivity index (χ2v) is 16.0. The molecule has 0 fully saturated rings. The van der Waals surface area contributed by atoms with E-state index < -0.39 is 6.10 Å². The molecule has 0 bridgehead atoms. The van der Waals surface area contributed by atoms with Gasteiger partial charge in [-0.3, -0.25) is 14.4 Å². The first-order chi connectivity index (χ1) is 28.0. The molecule has 0 aromatic carbocycles. The van der Waals surface area contributed by atoms with Gasteiger partial charge in [-0.05, 0) is 83.5 Å². The van der Waals surface area contributed by atoms with Gasteiger partial charge in [0.25, 0.3) is 0 Å². The zero-order chi connectivity index (χ0) is 41.5.